The minimum atomic E-state index is -3.67. The fourth-order valence-electron chi connectivity index (χ4n) is 3.31. The molecule has 1 aromatic rings. The summed E-state index contributed by atoms with van der Waals surface area (Å²) in [6.07, 6.45) is 1.08. The smallest absolute Gasteiger partial charge is 0.165 e. The number of ketones is 1. The number of hydrogen-bond donors (Lipinski definition) is 1. The van der Waals surface area contributed by atoms with Gasteiger partial charge in [-0.15, -0.1) is 0 Å². The normalized spacial score (nSPS) is 27.3. The number of carbonyl (C=O) groups is 1. The summed E-state index contributed by atoms with van der Waals surface area (Å²) in [7, 11) is -3.67. The van der Waals surface area contributed by atoms with Crippen molar-refractivity contribution in [3.63, 3.8) is 0 Å². The van der Waals surface area contributed by atoms with Crippen molar-refractivity contribution in [2.24, 2.45) is 16.1 Å². The van der Waals surface area contributed by atoms with Crippen molar-refractivity contribution in [1.82, 2.24) is 0 Å². The Kier molecular flexibility index (Phi) is 4.23. The number of halogens is 1. The maximum atomic E-state index is 14.6. The summed E-state index contributed by atoms with van der Waals surface area (Å²) in [6.45, 7) is 4.47. The lowest BCUT2D eigenvalue weighted by molar-refractivity contribution is -0.121. The average Bonchev–Trinajstić information content (AvgIpc) is 3.35. The summed E-state index contributed by atoms with van der Waals surface area (Å²) in [6, 6.07) is 6.19. The molecule has 2 aliphatic rings. The lowest BCUT2D eigenvalue weighted by Gasteiger charge is -2.38. The number of nitrogens with two attached hydrogens (primary N) is 1. The van der Waals surface area contributed by atoms with E-state index in [9.17, 15) is 17.6 Å². The molecule has 1 fully saturated rings. The molecule has 1 aliphatic heterocycles. The lowest BCUT2D eigenvalue weighted by Crippen LogP contribution is -2.55. The molecule has 1 atom stereocenters. The summed E-state index contributed by atoms with van der Waals surface area (Å²) in [5, 5.41) is 9.16. The van der Waals surface area contributed by atoms with Gasteiger partial charge in [-0.25, -0.2) is 12.8 Å². The number of hydrogen-bond acceptors (Lipinski definition) is 6. The molecule has 144 valence electrons. The molecule has 1 aromatic carbocycles. The number of benzene rings is 1. The van der Waals surface area contributed by atoms with Gasteiger partial charge < -0.3 is 5.73 Å². The molecule has 1 heterocycles. The van der Waals surface area contributed by atoms with Crippen molar-refractivity contribution in [3.8, 4) is 6.07 Å². The highest BCUT2D eigenvalue weighted by molar-refractivity contribution is 7.93. The van der Waals surface area contributed by atoms with E-state index in [1.54, 1.807) is 0 Å². The van der Waals surface area contributed by atoms with Crippen LogP contribution >= 0.6 is 0 Å². The van der Waals surface area contributed by atoms with Gasteiger partial charge in [0.15, 0.2) is 15.6 Å². The van der Waals surface area contributed by atoms with Crippen molar-refractivity contribution in [2.45, 2.75) is 50.3 Å². The molecule has 0 aromatic heterocycles. The zero-order chi connectivity index (χ0) is 20.3. The molecule has 0 saturated heterocycles. The van der Waals surface area contributed by atoms with E-state index in [2.05, 4.69) is 11.1 Å². The van der Waals surface area contributed by atoms with Gasteiger partial charge in [-0.05, 0) is 51.3 Å². The molecular formula is C19H22FN3O3S. The van der Waals surface area contributed by atoms with Crippen LogP contribution in [0, 0.1) is 22.6 Å². The Labute approximate surface area is 158 Å². The number of nitriles is 1. The van der Waals surface area contributed by atoms with Gasteiger partial charge in [0.1, 0.15) is 27.4 Å². The van der Waals surface area contributed by atoms with Crippen molar-refractivity contribution in [3.05, 3.63) is 35.1 Å². The van der Waals surface area contributed by atoms with Gasteiger partial charge in [-0.2, -0.15) is 5.26 Å². The third-order valence-electron chi connectivity index (χ3n) is 5.71. The minimum absolute atomic E-state index is 0.00560. The van der Waals surface area contributed by atoms with Gasteiger partial charge in [-0.1, -0.05) is 6.07 Å². The van der Waals surface area contributed by atoms with E-state index in [1.165, 1.54) is 39.0 Å². The first-order valence-corrected chi connectivity index (χ1v) is 10.3. The molecular weight excluding hydrogens is 369 g/mol. The second kappa shape index (κ2) is 5.86. The molecule has 0 amide bonds. The first kappa shape index (κ1) is 19.5. The maximum absolute atomic E-state index is 14.6. The molecule has 0 bridgehead atoms. The highest BCUT2D eigenvalue weighted by Crippen LogP contribution is 2.46. The molecule has 3 rings (SSSR count). The predicted octanol–water partition coefficient (Wildman–Crippen LogP) is 2.02. The molecule has 1 aliphatic carbocycles. The average molecular weight is 391 g/mol. The molecule has 6 nitrogen and oxygen atoms in total. The summed E-state index contributed by atoms with van der Waals surface area (Å²) < 4.78 is 38.6. The van der Waals surface area contributed by atoms with Gasteiger partial charge in [0, 0.05) is 12.0 Å². The molecule has 0 unspecified atom stereocenters. The molecule has 0 radical (unpaired) electrons. The summed E-state index contributed by atoms with van der Waals surface area (Å²) in [5.74, 6) is -1.27. The van der Waals surface area contributed by atoms with Crippen molar-refractivity contribution >= 4 is 21.5 Å². The number of aliphatic imine (C=N–C) groups is 1. The van der Waals surface area contributed by atoms with Crippen LogP contribution in [0.3, 0.4) is 0 Å². The van der Waals surface area contributed by atoms with Crippen molar-refractivity contribution < 1.29 is 17.6 Å². The van der Waals surface area contributed by atoms with Crippen LogP contribution in [0.5, 0.6) is 0 Å². The minimum Gasteiger partial charge on any atom is -0.386 e. The van der Waals surface area contributed by atoms with E-state index in [0.29, 0.717) is 18.4 Å². The fourth-order valence-corrected chi connectivity index (χ4v) is 4.99. The second-order valence-corrected chi connectivity index (χ2v) is 10.7. The lowest BCUT2D eigenvalue weighted by atomic mass is 9.89. The quantitative estimate of drug-likeness (QED) is 0.843. The number of sulfone groups is 1. The van der Waals surface area contributed by atoms with E-state index in [4.69, 9.17) is 11.0 Å². The van der Waals surface area contributed by atoms with E-state index in [0.717, 1.165) is 0 Å². The largest absolute Gasteiger partial charge is 0.386 e. The highest BCUT2D eigenvalue weighted by atomic mass is 32.2. The number of carbonyl (C=O) groups excluding carboxylic acids is 1. The van der Waals surface area contributed by atoms with Crippen LogP contribution in [0.1, 0.15) is 44.7 Å². The van der Waals surface area contributed by atoms with E-state index < -0.39 is 31.4 Å². The van der Waals surface area contributed by atoms with Crippen LogP contribution in [-0.4, -0.2) is 30.5 Å². The Hall–Kier alpha value is -2.27. The molecule has 0 spiro atoms. The SMILES string of the molecule is CC1(C)C(N)=N[C@](C)(c2cc(CC(=O)C3(C#N)CC3)ccc2F)CS1(=O)=O. The number of Topliss-reactive ketones (excluding diaryl/α,β-unsaturated/α-hetero) is 1. The summed E-state index contributed by atoms with van der Waals surface area (Å²) in [5.41, 5.74) is 4.22. The zero-order valence-corrected chi connectivity index (χ0v) is 16.4. The first-order chi connectivity index (χ1) is 12.4. The Morgan fingerprint density at radius 1 is 1.33 bits per heavy atom. The monoisotopic (exact) mass is 391 g/mol. The van der Waals surface area contributed by atoms with E-state index in [-0.39, 0.29) is 29.4 Å². The van der Waals surface area contributed by atoms with Gasteiger partial charge in [0.25, 0.3) is 0 Å². The van der Waals surface area contributed by atoms with Crippen LogP contribution in [0.2, 0.25) is 0 Å². The Bertz CT molecular complexity index is 1000. The third-order valence-corrected chi connectivity index (χ3v) is 8.41. The number of amidine groups is 1. The van der Waals surface area contributed by atoms with Gasteiger partial charge in [0.2, 0.25) is 0 Å². The Morgan fingerprint density at radius 3 is 2.48 bits per heavy atom. The van der Waals surface area contributed by atoms with Gasteiger partial charge >= 0.3 is 0 Å². The number of nitrogens with zero attached hydrogens (tertiary/aromatic N) is 2. The van der Waals surface area contributed by atoms with Crippen molar-refractivity contribution in [2.75, 3.05) is 5.75 Å². The fraction of sp³-hybridized carbons (Fsp3) is 0.526. The highest BCUT2D eigenvalue weighted by Gasteiger charge is 2.51. The van der Waals surface area contributed by atoms with Crippen molar-refractivity contribution in [1.29, 1.82) is 5.26 Å². The predicted molar refractivity (Wildman–Crippen MR) is 99.2 cm³/mol. The van der Waals surface area contributed by atoms with Gasteiger partial charge in [-0.3, -0.25) is 9.79 Å². The van der Waals surface area contributed by atoms with Gasteiger partial charge in [0.05, 0.1) is 11.8 Å². The third kappa shape index (κ3) is 3.04. The number of rotatable bonds is 4. The zero-order valence-electron chi connectivity index (χ0n) is 15.5. The Morgan fingerprint density at radius 2 is 1.96 bits per heavy atom. The van der Waals surface area contributed by atoms with E-state index in [1.807, 2.05) is 0 Å². The first-order valence-electron chi connectivity index (χ1n) is 8.68. The van der Waals surface area contributed by atoms with Crippen LogP contribution in [0.15, 0.2) is 23.2 Å². The van der Waals surface area contributed by atoms with E-state index >= 15 is 0 Å². The van der Waals surface area contributed by atoms with Crippen LogP contribution in [0.4, 0.5) is 4.39 Å². The summed E-state index contributed by atoms with van der Waals surface area (Å²) in [4.78, 5) is 16.7. The molecule has 27 heavy (non-hydrogen) atoms. The summed E-state index contributed by atoms with van der Waals surface area (Å²) >= 11 is 0. The molecule has 8 heteroatoms. The molecule has 2 N–H and O–H groups in total. The van der Waals surface area contributed by atoms with Crippen LogP contribution in [0.25, 0.3) is 0 Å². The van der Waals surface area contributed by atoms with Crippen LogP contribution in [-0.2, 0) is 26.6 Å². The molecule has 1 saturated carbocycles. The topological polar surface area (TPSA) is 113 Å². The standard InChI is InChI=1S/C19H22FN3O3S/c1-17(2)16(22)23-18(3,11-27(17,25)26)13-8-12(4-5-14(13)20)9-15(24)19(10-21)6-7-19/h4-5,8H,6-7,9,11H2,1-3H3,(H2,22,23)/t18-/m0/s1. The Balaban J connectivity index is 2.01. The van der Waals surface area contributed by atoms with Crippen LogP contribution < -0.4 is 5.73 Å². The maximum Gasteiger partial charge on any atom is 0.165 e. The second-order valence-electron chi connectivity index (χ2n) is 8.15.